The summed E-state index contributed by atoms with van der Waals surface area (Å²) in [5, 5.41) is 0. The largest absolute Gasteiger partial charge is 0.452 e. The van der Waals surface area contributed by atoms with Crippen molar-refractivity contribution in [2.75, 3.05) is 6.61 Å². The minimum absolute atomic E-state index is 0.174. The van der Waals surface area contributed by atoms with Crippen molar-refractivity contribution in [2.24, 2.45) is 0 Å². The number of amides is 1. The Morgan fingerprint density at radius 1 is 1.33 bits per heavy atom. The molecule has 3 atom stereocenters. The van der Waals surface area contributed by atoms with Crippen molar-refractivity contribution in [1.82, 2.24) is 4.90 Å². The minimum atomic E-state index is -0.747. The van der Waals surface area contributed by atoms with Crippen LogP contribution in [0, 0.1) is 0 Å². The molecule has 0 spiro atoms. The molecule has 24 heavy (non-hydrogen) atoms. The monoisotopic (exact) mass is 333 g/mol. The van der Waals surface area contributed by atoms with E-state index in [2.05, 4.69) is 0 Å². The van der Waals surface area contributed by atoms with E-state index < -0.39 is 17.9 Å². The van der Waals surface area contributed by atoms with E-state index in [1.165, 1.54) is 6.92 Å². The van der Waals surface area contributed by atoms with Crippen LogP contribution < -0.4 is 0 Å². The predicted octanol–water partition coefficient (Wildman–Crippen LogP) is 1.87. The summed E-state index contributed by atoms with van der Waals surface area (Å²) in [4.78, 5) is 25.8. The third kappa shape index (κ3) is 3.60. The molecule has 1 amide bonds. The third-order valence-electron chi connectivity index (χ3n) is 4.38. The Labute approximate surface area is 141 Å². The number of esters is 1. The van der Waals surface area contributed by atoms with Gasteiger partial charge in [-0.1, -0.05) is 30.3 Å². The molecule has 2 aliphatic rings. The Kier molecular flexibility index (Phi) is 4.60. The number of ether oxygens (including phenoxy) is 3. The Hall–Kier alpha value is -1.92. The van der Waals surface area contributed by atoms with Gasteiger partial charge in [-0.3, -0.25) is 9.59 Å². The summed E-state index contributed by atoms with van der Waals surface area (Å²) >= 11 is 0. The van der Waals surface area contributed by atoms with Crippen molar-refractivity contribution >= 4 is 11.9 Å². The highest BCUT2D eigenvalue weighted by Gasteiger charge is 2.49. The maximum Gasteiger partial charge on any atom is 0.303 e. The van der Waals surface area contributed by atoms with Crippen LogP contribution in [0.1, 0.15) is 32.8 Å². The summed E-state index contributed by atoms with van der Waals surface area (Å²) in [7, 11) is 0. The Morgan fingerprint density at radius 2 is 2.04 bits per heavy atom. The summed E-state index contributed by atoms with van der Waals surface area (Å²) < 4.78 is 16.8. The first kappa shape index (κ1) is 16.9. The number of likely N-dealkylation sites (tertiary alicyclic amines) is 1. The van der Waals surface area contributed by atoms with E-state index in [0.717, 1.165) is 5.56 Å². The summed E-state index contributed by atoms with van der Waals surface area (Å²) in [6.07, 6.45) is -0.549. The van der Waals surface area contributed by atoms with Crippen LogP contribution in [0.2, 0.25) is 0 Å². The first-order valence-electron chi connectivity index (χ1n) is 8.19. The molecule has 2 fully saturated rings. The second kappa shape index (κ2) is 6.53. The van der Waals surface area contributed by atoms with Crippen molar-refractivity contribution in [1.29, 1.82) is 0 Å². The fourth-order valence-corrected chi connectivity index (χ4v) is 3.33. The molecule has 0 unspecified atom stereocenters. The molecule has 2 aliphatic heterocycles. The van der Waals surface area contributed by atoms with Gasteiger partial charge in [0.2, 0.25) is 0 Å². The standard InChI is InChI=1S/C18H23NO5/c1-12(20)23-15-9-14(16-11-22-18(2,3)24-16)19(17(15)21)10-13-7-5-4-6-8-13/h4-8,14-16H,9-11H2,1-3H3/t14-,15-,16+/m0/s1. The van der Waals surface area contributed by atoms with E-state index in [-0.39, 0.29) is 18.1 Å². The van der Waals surface area contributed by atoms with Crippen LogP contribution in [0.15, 0.2) is 30.3 Å². The van der Waals surface area contributed by atoms with E-state index in [4.69, 9.17) is 14.2 Å². The Bertz CT molecular complexity index is 615. The van der Waals surface area contributed by atoms with Crippen molar-refractivity contribution < 1.29 is 23.8 Å². The van der Waals surface area contributed by atoms with E-state index in [9.17, 15) is 9.59 Å². The van der Waals surface area contributed by atoms with Crippen LogP contribution in [0.3, 0.4) is 0 Å². The average Bonchev–Trinajstić information content (AvgIpc) is 3.02. The number of hydrogen-bond donors (Lipinski definition) is 0. The molecule has 2 heterocycles. The fraction of sp³-hybridized carbons (Fsp3) is 0.556. The van der Waals surface area contributed by atoms with Crippen LogP contribution in [0.4, 0.5) is 0 Å². The van der Waals surface area contributed by atoms with Crippen LogP contribution in [-0.2, 0) is 30.3 Å². The Morgan fingerprint density at radius 3 is 2.62 bits per heavy atom. The molecule has 6 heteroatoms. The first-order valence-corrected chi connectivity index (χ1v) is 8.19. The third-order valence-corrected chi connectivity index (χ3v) is 4.38. The van der Waals surface area contributed by atoms with Gasteiger partial charge in [0.05, 0.1) is 12.6 Å². The summed E-state index contributed by atoms with van der Waals surface area (Å²) in [6.45, 7) is 5.91. The number of nitrogens with zero attached hydrogens (tertiary/aromatic N) is 1. The van der Waals surface area contributed by atoms with Crippen LogP contribution in [0.25, 0.3) is 0 Å². The molecule has 130 valence electrons. The molecule has 0 N–H and O–H groups in total. The molecular formula is C18H23NO5. The molecule has 0 bridgehead atoms. The van der Waals surface area contributed by atoms with Crippen molar-refractivity contribution in [2.45, 2.75) is 57.8 Å². The van der Waals surface area contributed by atoms with Gasteiger partial charge in [0.1, 0.15) is 6.10 Å². The van der Waals surface area contributed by atoms with Crippen LogP contribution >= 0.6 is 0 Å². The minimum Gasteiger partial charge on any atom is -0.452 e. The summed E-state index contributed by atoms with van der Waals surface area (Å²) in [5.41, 5.74) is 1.03. The van der Waals surface area contributed by atoms with E-state index in [1.54, 1.807) is 4.90 Å². The second-order valence-corrected chi connectivity index (χ2v) is 6.72. The predicted molar refractivity (Wildman–Crippen MR) is 85.9 cm³/mol. The van der Waals surface area contributed by atoms with Crippen molar-refractivity contribution in [3.8, 4) is 0 Å². The van der Waals surface area contributed by atoms with Crippen molar-refractivity contribution in [3.05, 3.63) is 35.9 Å². The SMILES string of the molecule is CC(=O)O[C@H]1C[C@@H]([C@H]2COC(C)(C)O2)N(Cc2ccccc2)C1=O. The number of carbonyl (C=O) groups excluding carboxylic acids is 2. The normalized spacial score (nSPS) is 29.0. The topological polar surface area (TPSA) is 65.1 Å². The molecule has 2 saturated heterocycles. The highest BCUT2D eigenvalue weighted by Crippen LogP contribution is 2.33. The smallest absolute Gasteiger partial charge is 0.303 e. The number of carbonyl (C=O) groups is 2. The lowest BCUT2D eigenvalue weighted by Gasteiger charge is -2.29. The van der Waals surface area contributed by atoms with E-state index in [1.807, 2.05) is 44.2 Å². The van der Waals surface area contributed by atoms with Gasteiger partial charge >= 0.3 is 5.97 Å². The van der Waals surface area contributed by atoms with Gasteiger partial charge < -0.3 is 19.1 Å². The number of benzene rings is 1. The van der Waals surface area contributed by atoms with E-state index in [0.29, 0.717) is 19.6 Å². The molecule has 3 rings (SSSR count). The lowest BCUT2D eigenvalue weighted by atomic mass is 10.1. The quantitative estimate of drug-likeness (QED) is 0.787. The summed E-state index contributed by atoms with van der Waals surface area (Å²) in [5.74, 6) is -1.28. The second-order valence-electron chi connectivity index (χ2n) is 6.72. The van der Waals surface area contributed by atoms with Crippen LogP contribution in [-0.4, -0.2) is 47.4 Å². The average molecular weight is 333 g/mol. The van der Waals surface area contributed by atoms with Crippen molar-refractivity contribution in [3.63, 3.8) is 0 Å². The fourth-order valence-electron chi connectivity index (χ4n) is 3.33. The highest BCUT2D eigenvalue weighted by molar-refractivity contribution is 5.86. The first-order chi connectivity index (χ1) is 11.4. The Balaban J connectivity index is 1.80. The lowest BCUT2D eigenvalue weighted by molar-refractivity contribution is -0.155. The zero-order valence-electron chi connectivity index (χ0n) is 14.2. The van der Waals surface area contributed by atoms with Gasteiger partial charge in [-0.2, -0.15) is 0 Å². The maximum absolute atomic E-state index is 12.7. The van der Waals surface area contributed by atoms with Gasteiger partial charge in [-0.05, 0) is 19.4 Å². The van der Waals surface area contributed by atoms with Gasteiger partial charge in [0.15, 0.2) is 11.9 Å². The molecule has 0 radical (unpaired) electrons. The van der Waals surface area contributed by atoms with Gasteiger partial charge in [-0.25, -0.2) is 0 Å². The molecule has 1 aromatic rings. The summed E-state index contributed by atoms with van der Waals surface area (Å²) in [6, 6.07) is 9.58. The molecule has 1 aromatic carbocycles. The molecule has 0 saturated carbocycles. The van der Waals surface area contributed by atoms with Crippen LogP contribution in [0.5, 0.6) is 0 Å². The van der Waals surface area contributed by atoms with Gasteiger partial charge in [0, 0.05) is 19.9 Å². The lowest BCUT2D eigenvalue weighted by Crippen LogP contribution is -2.42. The van der Waals surface area contributed by atoms with Gasteiger partial charge in [-0.15, -0.1) is 0 Å². The maximum atomic E-state index is 12.7. The molecular weight excluding hydrogens is 310 g/mol. The molecule has 0 aromatic heterocycles. The molecule has 0 aliphatic carbocycles. The zero-order chi connectivity index (χ0) is 17.3. The van der Waals surface area contributed by atoms with E-state index >= 15 is 0 Å². The van der Waals surface area contributed by atoms with Gasteiger partial charge in [0.25, 0.3) is 5.91 Å². The number of rotatable bonds is 4. The number of hydrogen-bond acceptors (Lipinski definition) is 5. The molecule has 6 nitrogen and oxygen atoms in total. The highest BCUT2D eigenvalue weighted by atomic mass is 16.7. The zero-order valence-corrected chi connectivity index (χ0v) is 14.2.